The molecule has 1 atom stereocenters. The van der Waals surface area contributed by atoms with Crippen LogP contribution in [0.5, 0.6) is 17.2 Å². The molecule has 0 aliphatic heterocycles. The summed E-state index contributed by atoms with van der Waals surface area (Å²) in [6, 6.07) is 34.6. The molecule has 0 aliphatic carbocycles. The van der Waals surface area contributed by atoms with E-state index in [2.05, 4.69) is 19.7 Å². The number of pyridine rings is 1. The molecule has 5 aromatic carbocycles. The molecule has 15 heteroatoms. The van der Waals surface area contributed by atoms with Gasteiger partial charge in [-0.25, -0.2) is 24.2 Å². The van der Waals surface area contributed by atoms with E-state index in [4.69, 9.17) is 42.9 Å². The number of hydrogen-bond donors (Lipinski definition) is 1. The monoisotopic (exact) mass is 1100 g/mol. The fraction of sp³-hybridized carbons (Fsp3) is 0.359. The molecular weight excluding hydrogens is 1020 g/mol. The lowest BCUT2D eigenvalue weighted by Gasteiger charge is -2.16. The van der Waals surface area contributed by atoms with E-state index >= 15 is 0 Å². The first kappa shape index (κ1) is 60.8. The van der Waals surface area contributed by atoms with Crippen molar-refractivity contribution >= 4 is 57.3 Å². The second-order valence-electron chi connectivity index (χ2n) is 18.6. The molecule has 1 N–H and O–H groups in total. The van der Waals surface area contributed by atoms with Crippen molar-refractivity contribution in [3.63, 3.8) is 0 Å². The van der Waals surface area contributed by atoms with Gasteiger partial charge >= 0.3 is 23.9 Å². The zero-order chi connectivity index (χ0) is 55.9. The van der Waals surface area contributed by atoms with Crippen LogP contribution in [0.3, 0.4) is 0 Å². The molecule has 1 heterocycles. The van der Waals surface area contributed by atoms with Gasteiger partial charge in [-0.15, -0.1) is 0 Å². The van der Waals surface area contributed by atoms with Crippen molar-refractivity contribution in [1.82, 2.24) is 4.98 Å². The van der Waals surface area contributed by atoms with Crippen LogP contribution in [0.15, 0.2) is 157 Å². The van der Waals surface area contributed by atoms with Gasteiger partial charge in [0.1, 0.15) is 22.3 Å². The number of aliphatic hydroxyl groups excluding tert-OH is 1. The van der Waals surface area contributed by atoms with Crippen LogP contribution in [-0.2, 0) is 50.9 Å². The van der Waals surface area contributed by atoms with E-state index < -0.39 is 30.2 Å². The number of unbranched alkanes of at least 4 members (excludes halogenated alkanes) is 9. The number of nitrogens with zero attached hydrogens (tertiary/aromatic N) is 1. The fourth-order valence-electron chi connectivity index (χ4n) is 8.24. The van der Waals surface area contributed by atoms with E-state index in [9.17, 15) is 24.3 Å². The number of ether oxygens (including phenoxy) is 8. The van der Waals surface area contributed by atoms with E-state index in [0.717, 1.165) is 126 Å². The van der Waals surface area contributed by atoms with Crippen molar-refractivity contribution in [2.45, 2.75) is 106 Å². The Balaban J connectivity index is 1.04. The summed E-state index contributed by atoms with van der Waals surface area (Å²) in [4.78, 5) is 53.1. The van der Waals surface area contributed by atoms with Gasteiger partial charge in [0.25, 0.3) is 0 Å². The zero-order valence-corrected chi connectivity index (χ0v) is 45.9. The Morgan fingerprint density at radius 2 is 0.911 bits per heavy atom. The maximum absolute atomic E-state index is 13.5. The van der Waals surface area contributed by atoms with Crippen molar-refractivity contribution in [3.8, 4) is 17.2 Å². The van der Waals surface area contributed by atoms with Gasteiger partial charge in [0.2, 0.25) is 0 Å². The molecule has 0 radical (unpaired) electrons. The van der Waals surface area contributed by atoms with Crippen LogP contribution in [-0.4, -0.2) is 86.8 Å². The van der Waals surface area contributed by atoms with Crippen molar-refractivity contribution in [2.75, 3.05) is 52.9 Å². The molecule has 79 heavy (non-hydrogen) atoms. The van der Waals surface area contributed by atoms with Crippen LogP contribution in [0.4, 0.5) is 0 Å². The van der Waals surface area contributed by atoms with E-state index in [-0.39, 0.29) is 13.2 Å². The van der Waals surface area contributed by atoms with Gasteiger partial charge in [0.15, 0.2) is 6.29 Å². The third-order valence-electron chi connectivity index (χ3n) is 12.6. The quantitative estimate of drug-likeness (QED) is 0.00967. The first-order valence-electron chi connectivity index (χ1n) is 27.2. The second kappa shape index (κ2) is 34.4. The molecule has 1 unspecified atom stereocenters. The minimum absolute atomic E-state index is 0.191. The Labute approximate surface area is 468 Å². The lowest BCUT2D eigenvalue weighted by atomic mass is 10.0. The van der Waals surface area contributed by atoms with Gasteiger partial charge in [-0.2, -0.15) is 0 Å². The maximum Gasteiger partial charge on any atom is 0.338 e. The molecule has 14 nitrogen and oxygen atoms in total. The molecule has 0 fully saturated rings. The topological polar surface area (TPSA) is 175 Å². The SMILES string of the molecule is C=CC(=O)OCCCCCCOc1ccc(CCOC(=O)c2ccc3c(c2)nc(Sc2ccc(OCCCCCCOC(=O)C=C)cc2)c2cc(C(O)OCCc4ccc(OCCCCCCOC(=O)C=C)cc4)ccc23)cc1. The van der Waals surface area contributed by atoms with E-state index in [1.54, 1.807) is 12.1 Å². The molecule has 0 bridgehead atoms. The highest BCUT2D eigenvalue weighted by Gasteiger charge is 2.17. The normalized spacial score (nSPS) is 11.4. The number of aliphatic hydroxyl groups is 1. The molecule has 6 rings (SSSR count). The minimum atomic E-state index is -1.19. The predicted molar refractivity (Wildman–Crippen MR) is 307 cm³/mol. The highest BCUT2D eigenvalue weighted by molar-refractivity contribution is 7.99. The van der Waals surface area contributed by atoms with Crippen LogP contribution in [0.1, 0.15) is 110 Å². The molecule has 1 aromatic heterocycles. The van der Waals surface area contributed by atoms with Gasteiger partial charge in [-0.3, -0.25) is 0 Å². The molecule has 0 amide bonds. The van der Waals surface area contributed by atoms with Gasteiger partial charge in [-0.05, 0) is 167 Å². The average molecular weight is 1100 g/mol. The summed E-state index contributed by atoms with van der Waals surface area (Å²) in [6.07, 6.45) is 14.2. The number of carbonyl (C=O) groups is 4. The van der Waals surface area contributed by atoms with Gasteiger partial charge in [0.05, 0.1) is 63.9 Å². The summed E-state index contributed by atoms with van der Waals surface area (Å²) in [6.45, 7) is 13.6. The lowest BCUT2D eigenvalue weighted by molar-refractivity contribution is -0.138. The van der Waals surface area contributed by atoms with Crippen LogP contribution < -0.4 is 14.2 Å². The number of esters is 4. The Kier molecular flexibility index (Phi) is 26.5. The number of benzene rings is 5. The van der Waals surface area contributed by atoms with Crippen LogP contribution >= 0.6 is 11.8 Å². The summed E-state index contributed by atoms with van der Waals surface area (Å²) in [5.74, 6) is 0.647. The standard InChI is InChI=1S/C64H73NO13S/c1-4-59(66)74-40-16-10-7-13-37-71-51-25-19-47(20-26-51)35-43-77-63(69)49-23-33-55-56-34-24-50(64(70)78-44-36-48-21-27-52(28-22-48)72-38-14-8-11-17-41-75-60(67)5-2)46-58(56)65-62(57(55)45-49)79-54-31-29-53(30-32-54)73-39-15-9-12-18-42-76-61(68)6-3/h4-6,19-34,45-46,63,69H,1-3,7-18,35-44H2. The largest absolute Gasteiger partial charge is 0.494 e. The smallest absolute Gasteiger partial charge is 0.338 e. The van der Waals surface area contributed by atoms with Crippen LogP contribution in [0.2, 0.25) is 0 Å². The molecule has 0 spiro atoms. The van der Waals surface area contributed by atoms with E-state index in [1.807, 2.05) is 97.1 Å². The van der Waals surface area contributed by atoms with Crippen molar-refractivity contribution in [2.24, 2.45) is 0 Å². The van der Waals surface area contributed by atoms with Crippen molar-refractivity contribution < 1.29 is 62.2 Å². The summed E-state index contributed by atoms with van der Waals surface area (Å²) < 4.78 is 44.7. The maximum atomic E-state index is 13.5. The Morgan fingerprint density at radius 1 is 0.468 bits per heavy atom. The van der Waals surface area contributed by atoms with Crippen molar-refractivity contribution in [1.29, 1.82) is 0 Å². The molecule has 6 aromatic rings. The molecule has 0 saturated heterocycles. The summed E-state index contributed by atoms with van der Waals surface area (Å²) in [5.41, 5.74) is 3.63. The van der Waals surface area contributed by atoms with Gasteiger partial charge in [0, 0.05) is 45.9 Å². The number of carbonyl (C=O) groups excluding carboxylic acids is 4. The van der Waals surface area contributed by atoms with Gasteiger partial charge < -0.3 is 43.0 Å². The third kappa shape index (κ3) is 21.7. The molecule has 418 valence electrons. The number of fused-ring (bicyclic) bond motifs is 3. The summed E-state index contributed by atoms with van der Waals surface area (Å²) in [5, 5.41) is 14.6. The van der Waals surface area contributed by atoms with Gasteiger partial charge in [-0.1, -0.05) is 74.0 Å². The average Bonchev–Trinajstić information content (AvgIpc) is 3.51. The van der Waals surface area contributed by atoms with E-state index in [1.165, 1.54) is 30.0 Å². The fourth-order valence-corrected chi connectivity index (χ4v) is 9.16. The number of hydrogen-bond acceptors (Lipinski definition) is 15. The first-order valence-corrected chi connectivity index (χ1v) is 28.0. The highest BCUT2D eigenvalue weighted by Crippen LogP contribution is 2.38. The van der Waals surface area contributed by atoms with E-state index in [0.29, 0.717) is 74.2 Å². The predicted octanol–water partition coefficient (Wildman–Crippen LogP) is 13.2. The Morgan fingerprint density at radius 3 is 1.39 bits per heavy atom. The lowest BCUT2D eigenvalue weighted by Crippen LogP contribution is -2.08. The molecular formula is C64H73NO13S. The summed E-state index contributed by atoms with van der Waals surface area (Å²) >= 11 is 1.47. The number of aromatic nitrogens is 1. The van der Waals surface area contributed by atoms with Crippen LogP contribution in [0.25, 0.3) is 21.7 Å². The molecule has 0 saturated carbocycles. The number of rotatable bonds is 38. The van der Waals surface area contributed by atoms with Crippen molar-refractivity contribution in [3.05, 3.63) is 169 Å². The first-order chi connectivity index (χ1) is 38.6. The minimum Gasteiger partial charge on any atom is -0.494 e. The highest BCUT2D eigenvalue weighted by atomic mass is 32.2. The summed E-state index contributed by atoms with van der Waals surface area (Å²) in [7, 11) is 0. The molecule has 0 aliphatic rings. The Hall–Kier alpha value is -7.46. The third-order valence-corrected chi connectivity index (χ3v) is 13.6. The van der Waals surface area contributed by atoms with Crippen LogP contribution in [0, 0.1) is 0 Å². The second-order valence-corrected chi connectivity index (χ2v) is 19.6. The zero-order valence-electron chi connectivity index (χ0n) is 45.1. The Bertz CT molecular complexity index is 2890.